The van der Waals surface area contributed by atoms with E-state index in [0.29, 0.717) is 12.3 Å². The van der Waals surface area contributed by atoms with Crippen molar-refractivity contribution < 1.29 is 18.9 Å². The molecule has 2 heterocycles. The molecule has 0 bridgehead atoms. The number of benzene rings is 1. The lowest BCUT2D eigenvalue weighted by molar-refractivity contribution is 0.179. The molecule has 136 valence electrons. The number of anilines is 1. The zero-order chi connectivity index (χ0) is 18.0. The fraction of sp³-hybridized carbons (Fsp3) is 0.529. The molecule has 1 aromatic heterocycles. The third-order valence-electron chi connectivity index (χ3n) is 4.93. The molecule has 0 atom stereocenters. The lowest BCUT2D eigenvalue weighted by Crippen LogP contribution is -2.34. The van der Waals surface area contributed by atoms with E-state index in [4.69, 9.17) is 9.79 Å². The van der Waals surface area contributed by atoms with Crippen LogP contribution < -0.4 is 4.90 Å². The van der Waals surface area contributed by atoms with Crippen LogP contribution in [0.15, 0.2) is 18.5 Å². The third kappa shape index (κ3) is 4.55. The number of rotatable bonds is 5. The third-order valence-corrected chi connectivity index (χ3v) is 5.45. The van der Waals surface area contributed by atoms with Crippen LogP contribution in [0.1, 0.15) is 30.4 Å². The number of hydrogen-bond acceptors (Lipinski definition) is 5. The van der Waals surface area contributed by atoms with Crippen LogP contribution in [0.4, 0.5) is 5.82 Å². The number of phosphoric ester groups is 1. The zero-order valence-electron chi connectivity index (χ0n) is 14.6. The summed E-state index contributed by atoms with van der Waals surface area (Å²) in [4.78, 5) is 28.7. The average Bonchev–Trinajstić information content (AvgIpc) is 2.55. The summed E-state index contributed by atoms with van der Waals surface area (Å²) < 4.78 is 15.3. The molecule has 8 heteroatoms. The molecular weight excluding hydrogens is 341 g/mol. The number of phosphoric acid groups is 1. The molecule has 7 nitrogen and oxygen atoms in total. The fourth-order valence-corrected chi connectivity index (χ4v) is 3.67. The first-order valence-corrected chi connectivity index (χ1v) is 10.0. The van der Waals surface area contributed by atoms with Gasteiger partial charge in [-0.1, -0.05) is 0 Å². The minimum Gasteiger partial charge on any atom is -0.356 e. The van der Waals surface area contributed by atoms with E-state index in [0.717, 1.165) is 42.7 Å². The van der Waals surface area contributed by atoms with Crippen molar-refractivity contribution >= 4 is 24.5 Å². The average molecular weight is 365 g/mol. The minimum absolute atomic E-state index is 0.101. The van der Waals surface area contributed by atoms with Gasteiger partial charge in [-0.05, 0) is 62.3 Å². The van der Waals surface area contributed by atoms with E-state index < -0.39 is 7.82 Å². The van der Waals surface area contributed by atoms with Crippen molar-refractivity contribution in [2.45, 2.75) is 33.1 Å². The molecular formula is C17H24N3O4P. The summed E-state index contributed by atoms with van der Waals surface area (Å²) in [7, 11) is -4.36. The SMILES string of the molecule is Cc1cc2ncnc(N3CCC(CCOP(=O)(O)O)CC3)c2cc1C. The number of aryl methyl sites for hydroxylation is 2. The standard InChI is InChI=1S/C17H24N3O4P/c1-12-9-15-16(10-13(12)2)18-11-19-17(15)20-6-3-14(4-7-20)5-8-24-25(21,22)23/h9-11,14H,3-8H2,1-2H3,(H2,21,22,23). The van der Waals surface area contributed by atoms with E-state index in [2.05, 4.69) is 45.4 Å². The van der Waals surface area contributed by atoms with E-state index in [-0.39, 0.29) is 6.61 Å². The van der Waals surface area contributed by atoms with E-state index in [1.807, 2.05) is 0 Å². The highest BCUT2D eigenvalue weighted by Crippen LogP contribution is 2.37. The molecule has 1 saturated heterocycles. The Kier molecular flexibility index (Phi) is 5.39. The van der Waals surface area contributed by atoms with Gasteiger partial charge >= 0.3 is 7.82 Å². The van der Waals surface area contributed by atoms with Crippen molar-refractivity contribution in [3.63, 3.8) is 0 Å². The summed E-state index contributed by atoms with van der Waals surface area (Å²) in [5.41, 5.74) is 3.42. The van der Waals surface area contributed by atoms with Crippen molar-refractivity contribution in [1.29, 1.82) is 0 Å². The molecule has 2 N–H and O–H groups in total. The highest BCUT2D eigenvalue weighted by atomic mass is 31.2. The number of nitrogens with zero attached hydrogens (tertiary/aromatic N) is 3. The highest BCUT2D eigenvalue weighted by Gasteiger charge is 2.23. The monoisotopic (exact) mass is 365 g/mol. The van der Waals surface area contributed by atoms with Gasteiger partial charge in [-0.2, -0.15) is 0 Å². The van der Waals surface area contributed by atoms with Crippen LogP contribution in [0.5, 0.6) is 0 Å². The van der Waals surface area contributed by atoms with Crippen LogP contribution >= 0.6 is 7.82 Å². The Morgan fingerprint density at radius 2 is 1.88 bits per heavy atom. The van der Waals surface area contributed by atoms with E-state index in [1.165, 1.54) is 11.1 Å². The molecule has 25 heavy (non-hydrogen) atoms. The van der Waals surface area contributed by atoms with Crippen LogP contribution in [-0.2, 0) is 9.09 Å². The van der Waals surface area contributed by atoms with Gasteiger partial charge < -0.3 is 14.7 Å². The summed E-state index contributed by atoms with van der Waals surface area (Å²) in [6.45, 7) is 6.03. The highest BCUT2D eigenvalue weighted by molar-refractivity contribution is 7.46. The molecule has 3 rings (SSSR count). The number of fused-ring (bicyclic) bond motifs is 1. The van der Waals surface area contributed by atoms with Gasteiger partial charge in [0.25, 0.3) is 0 Å². The molecule has 0 unspecified atom stereocenters. The maximum atomic E-state index is 10.7. The molecule has 0 aliphatic carbocycles. The smallest absolute Gasteiger partial charge is 0.356 e. The van der Waals surface area contributed by atoms with Crippen molar-refractivity contribution in [2.75, 3.05) is 24.6 Å². The predicted octanol–water partition coefficient (Wildman–Crippen LogP) is 2.96. The van der Waals surface area contributed by atoms with Crippen LogP contribution in [0, 0.1) is 19.8 Å². The molecule has 0 saturated carbocycles. The van der Waals surface area contributed by atoms with Crippen molar-refractivity contribution in [2.24, 2.45) is 5.92 Å². The normalized spacial score (nSPS) is 16.6. The Morgan fingerprint density at radius 3 is 2.56 bits per heavy atom. The van der Waals surface area contributed by atoms with Crippen molar-refractivity contribution in [1.82, 2.24) is 9.97 Å². The minimum atomic E-state index is -4.36. The quantitative estimate of drug-likeness (QED) is 0.787. The summed E-state index contributed by atoms with van der Waals surface area (Å²) in [6, 6.07) is 4.25. The Hall–Kier alpha value is -1.53. The second-order valence-corrected chi connectivity index (χ2v) is 7.93. The van der Waals surface area contributed by atoms with Gasteiger partial charge in [-0.25, -0.2) is 14.5 Å². The van der Waals surface area contributed by atoms with Crippen LogP contribution in [0.25, 0.3) is 10.9 Å². The first-order valence-electron chi connectivity index (χ1n) is 8.50. The molecule has 0 spiro atoms. The lowest BCUT2D eigenvalue weighted by Gasteiger charge is -2.33. The maximum absolute atomic E-state index is 10.7. The van der Waals surface area contributed by atoms with Crippen LogP contribution in [-0.4, -0.2) is 39.5 Å². The van der Waals surface area contributed by atoms with Crippen molar-refractivity contribution in [3.8, 4) is 0 Å². The summed E-state index contributed by atoms with van der Waals surface area (Å²) >= 11 is 0. The summed E-state index contributed by atoms with van der Waals surface area (Å²) in [5, 5.41) is 1.08. The van der Waals surface area contributed by atoms with E-state index >= 15 is 0 Å². The van der Waals surface area contributed by atoms with Gasteiger partial charge in [-0.15, -0.1) is 0 Å². The van der Waals surface area contributed by atoms with Gasteiger partial charge in [0.1, 0.15) is 12.1 Å². The molecule has 0 amide bonds. The number of aromatic nitrogens is 2. The molecule has 1 fully saturated rings. The summed E-state index contributed by atoms with van der Waals surface area (Å²) in [6.07, 6.45) is 4.20. The van der Waals surface area contributed by atoms with E-state index in [9.17, 15) is 4.57 Å². The van der Waals surface area contributed by atoms with Crippen LogP contribution in [0.3, 0.4) is 0 Å². The van der Waals surface area contributed by atoms with Crippen LogP contribution in [0.2, 0.25) is 0 Å². The topological polar surface area (TPSA) is 95.8 Å². The molecule has 0 radical (unpaired) electrons. The van der Waals surface area contributed by atoms with Gasteiger partial charge in [-0.3, -0.25) is 4.52 Å². The van der Waals surface area contributed by atoms with Gasteiger partial charge in [0.2, 0.25) is 0 Å². The number of hydrogen-bond donors (Lipinski definition) is 2. The first-order chi connectivity index (χ1) is 11.8. The largest absolute Gasteiger partial charge is 0.469 e. The molecule has 2 aromatic rings. The maximum Gasteiger partial charge on any atom is 0.469 e. The van der Waals surface area contributed by atoms with Crippen molar-refractivity contribution in [3.05, 3.63) is 29.6 Å². The number of piperidine rings is 1. The second-order valence-electron chi connectivity index (χ2n) is 6.69. The predicted molar refractivity (Wildman–Crippen MR) is 96.6 cm³/mol. The Balaban J connectivity index is 1.66. The Labute approximate surface area is 147 Å². The second kappa shape index (κ2) is 7.38. The van der Waals surface area contributed by atoms with E-state index in [1.54, 1.807) is 6.33 Å². The van der Waals surface area contributed by atoms with Gasteiger partial charge in [0.15, 0.2) is 0 Å². The molecule has 1 aliphatic heterocycles. The lowest BCUT2D eigenvalue weighted by atomic mass is 9.93. The fourth-order valence-electron chi connectivity index (χ4n) is 3.33. The Bertz CT molecular complexity index is 800. The van der Waals surface area contributed by atoms with Gasteiger partial charge in [0, 0.05) is 18.5 Å². The molecule has 1 aliphatic rings. The molecule has 1 aromatic carbocycles. The Morgan fingerprint density at radius 1 is 1.20 bits per heavy atom. The zero-order valence-corrected chi connectivity index (χ0v) is 15.4. The summed E-state index contributed by atoms with van der Waals surface area (Å²) in [5.74, 6) is 1.39. The van der Waals surface area contributed by atoms with Gasteiger partial charge in [0.05, 0.1) is 12.1 Å². The first kappa shape index (κ1) is 18.3.